The largest absolute Gasteiger partial charge is 0.350 e. The summed E-state index contributed by atoms with van der Waals surface area (Å²) in [5.74, 6) is 2.44. The average Bonchev–Trinajstić information content (AvgIpc) is 2.83. The molecule has 1 atom stereocenters. The SMILES string of the molecule is C#CCN(C(=O)c1ccccc1SC)C(C(=O)NCc1ccccc1)C1CCCCC1. The second-order valence-corrected chi connectivity index (χ2v) is 8.73. The third-order valence-electron chi connectivity index (χ3n) is 5.87. The summed E-state index contributed by atoms with van der Waals surface area (Å²) in [6.07, 6.45) is 12.8. The lowest BCUT2D eigenvalue weighted by Gasteiger charge is -2.37. The molecule has 1 N–H and O–H groups in total. The van der Waals surface area contributed by atoms with Crippen LogP contribution in [-0.2, 0) is 11.3 Å². The maximum Gasteiger partial charge on any atom is 0.256 e. The smallest absolute Gasteiger partial charge is 0.256 e. The van der Waals surface area contributed by atoms with Crippen LogP contribution < -0.4 is 5.32 Å². The Morgan fingerprint density at radius 3 is 2.45 bits per heavy atom. The Morgan fingerprint density at radius 2 is 1.77 bits per heavy atom. The molecule has 4 nitrogen and oxygen atoms in total. The molecular formula is C26H30N2O2S. The van der Waals surface area contributed by atoms with Crippen LogP contribution >= 0.6 is 11.8 Å². The van der Waals surface area contributed by atoms with Gasteiger partial charge >= 0.3 is 0 Å². The van der Waals surface area contributed by atoms with E-state index in [1.807, 2.05) is 60.9 Å². The number of benzene rings is 2. The standard InChI is InChI=1S/C26H30N2O2S/c1-3-18-28(26(30)22-16-10-11-17-23(22)31-2)24(21-14-8-5-9-15-21)25(29)27-19-20-12-6-4-7-13-20/h1,4,6-7,10-13,16-17,21,24H,5,8-9,14-15,18-19H2,2H3,(H,27,29). The molecule has 1 unspecified atom stereocenters. The van der Waals surface area contributed by atoms with Gasteiger partial charge in [0.15, 0.2) is 0 Å². The van der Waals surface area contributed by atoms with Gasteiger partial charge in [-0.15, -0.1) is 18.2 Å². The molecule has 1 aliphatic carbocycles. The normalized spacial score (nSPS) is 15.0. The summed E-state index contributed by atoms with van der Waals surface area (Å²) in [6.45, 7) is 0.545. The quantitative estimate of drug-likeness (QED) is 0.482. The fourth-order valence-electron chi connectivity index (χ4n) is 4.32. The molecule has 0 heterocycles. The van der Waals surface area contributed by atoms with Crippen LogP contribution in [0.3, 0.4) is 0 Å². The average molecular weight is 435 g/mol. The first-order valence-corrected chi connectivity index (χ1v) is 12.1. The second kappa shape index (κ2) is 11.6. The maximum absolute atomic E-state index is 13.6. The number of hydrogen-bond acceptors (Lipinski definition) is 3. The van der Waals surface area contributed by atoms with Gasteiger partial charge in [0, 0.05) is 11.4 Å². The highest BCUT2D eigenvalue weighted by Crippen LogP contribution is 2.31. The van der Waals surface area contributed by atoms with Gasteiger partial charge in [-0.2, -0.15) is 0 Å². The molecule has 0 bridgehead atoms. The number of hydrogen-bond donors (Lipinski definition) is 1. The van der Waals surface area contributed by atoms with Crippen LogP contribution in [0.4, 0.5) is 0 Å². The Kier molecular flexibility index (Phi) is 8.61. The Morgan fingerprint density at radius 1 is 1.10 bits per heavy atom. The third kappa shape index (κ3) is 5.92. The van der Waals surface area contributed by atoms with E-state index in [1.165, 1.54) is 18.2 Å². The number of terminal acetylenes is 1. The molecule has 0 spiro atoms. The molecule has 162 valence electrons. The highest BCUT2D eigenvalue weighted by atomic mass is 32.2. The summed E-state index contributed by atoms with van der Waals surface area (Å²) >= 11 is 1.52. The van der Waals surface area contributed by atoms with Crippen LogP contribution in [0.15, 0.2) is 59.5 Å². The molecule has 2 aromatic rings. The molecular weight excluding hydrogens is 404 g/mol. The van der Waals surface area contributed by atoms with Crippen molar-refractivity contribution in [2.75, 3.05) is 12.8 Å². The van der Waals surface area contributed by atoms with E-state index >= 15 is 0 Å². The van der Waals surface area contributed by atoms with Crippen LogP contribution in [0, 0.1) is 18.3 Å². The zero-order valence-corrected chi connectivity index (χ0v) is 18.9. The molecule has 0 aliphatic heterocycles. The molecule has 0 radical (unpaired) electrons. The van der Waals surface area contributed by atoms with Crippen LogP contribution in [0.2, 0.25) is 0 Å². The van der Waals surface area contributed by atoms with Gasteiger partial charge in [-0.25, -0.2) is 0 Å². The summed E-state index contributed by atoms with van der Waals surface area (Å²) in [5.41, 5.74) is 1.63. The van der Waals surface area contributed by atoms with E-state index in [-0.39, 0.29) is 24.3 Å². The summed E-state index contributed by atoms with van der Waals surface area (Å²) in [6, 6.07) is 16.8. The van der Waals surface area contributed by atoms with Crippen molar-refractivity contribution in [1.29, 1.82) is 0 Å². The Bertz CT molecular complexity index is 917. The van der Waals surface area contributed by atoms with Crippen LogP contribution in [0.25, 0.3) is 0 Å². The summed E-state index contributed by atoms with van der Waals surface area (Å²) < 4.78 is 0. The molecule has 31 heavy (non-hydrogen) atoms. The highest BCUT2D eigenvalue weighted by Gasteiger charge is 2.37. The Hall–Kier alpha value is -2.71. The third-order valence-corrected chi connectivity index (χ3v) is 6.67. The Balaban J connectivity index is 1.89. The zero-order valence-electron chi connectivity index (χ0n) is 18.0. The van der Waals surface area contributed by atoms with Gasteiger partial charge in [-0.05, 0) is 42.7 Å². The van der Waals surface area contributed by atoms with Gasteiger partial charge in [0.1, 0.15) is 6.04 Å². The first kappa shape index (κ1) is 23.0. The number of carbonyl (C=O) groups is 2. The second-order valence-electron chi connectivity index (χ2n) is 7.88. The van der Waals surface area contributed by atoms with Crippen molar-refractivity contribution in [3.05, 3.63) is 65.7 Å². The summed E-state index contributed by atoms with van der Waals surface area (Å²) in [7, 11) is 0. The molecule has 5 heteroatoms. The van der Waals surface area contributed by atoms with E-state index in [0.717, 1.165) is 36.1 Å². The number of nitrogens with zero attached hydrogens (tertiary/aromatic N) is 1. The first-order valence-electron chi connectivity index (χ1n) is 10.8. The molecule has 2 aromatic carbocycles. The minimum Gasteiger partial charge on any atom is -0.350 e. The molecule has 3 rings (SSSR count). The number of thioether (sulfide) groups is 1. The molecule has 1 fully saturated rings. The van der Waals surface area contributed by atoms with Crippen LogP contribution in [0.1, 0.15) is 48.0 Å². The van der Waals surface area contributed by atoms with Crippen molar-refractivity contribution < 1.29 is 9.59 Å². The van der Waals surface area contributed by atoms with Gasteiger partial charge in [-0.1, -0.05) is 67.6 Å². The number of nitrogens with one attached hydrogen (secondary N) is 1. The molecule has 1 saturated carbocycles. The van der Waals surface area contributed by atoms with Crippen molar-refractivity contribution in [2.45, 2.75) is 49.6 Å². The van der Waals surface area contributed by atoms with Crippen LogP contribution in [0.5, 0.6) is 0 Å². The van der Waals surface area contributed by atoms with Crippen molar-refractivity contribution >= 4 is 23.6 Å². The van der Waals surface area contributed by atoms with Gasteiger partial charge in [0.25, 0.3) is 5.91 Å². The highest BCUT2D eigenvalue weighted by molar-refractivity contribution is 7.98. The van der Waals surface area contributed by atoms with Crippen molar-refractivity contribution in [3.63, 3.8) is 0 Å². The van der Waals surface area contributed by atoms with Gasteiger partial charge in [-0.3, -0.25) is 9.59 Å². The van der Waals surface area contributed by atoms with E-state index in [2.05, 4.69) is 11.2 Å². The minimum absolute atomic E-state index is 0.113. The van der Waals surface area contributed by atoms with E-state index in [0.29, 0.717) is 12.1 Å². The monoisotopic (exact) mass is 434 g/mol. The first-order chi connectivity index (χ1) is 15.2. The molecule has 1 aliphatic rings. The lowest BCUT2D eigenvalue weighted by molar-refractivity contribution is -0.128. The molecule has 0 saturated heterocycles. The zero-order chi connectivity index (χ0) is 22.1. The Labute approximate surface area is 189 Å². The predicted molar refractivity (Wildman–Crippen MR) is 127 cm³/mol. The van der Waals surface area contributed by atoms with E-state index in [9.17, 15) is 9.59 Å². The topological polar surface area (TPSA) is 49.4 Å². The minimum atomic E-state index is -0.567. The number of rotatable bonds is 8. The van der Waals surface area contributed by atoms with Gasteiger partial charge in [0.05, 0.1) is 12.1 Å². The van der Waals surface area contributed by atoms with E-state index in [4.69, 9.17) is 6.42 Å². The number of carbonyl (C=O) groups excluding carboxylic acids is 2. The predicted octanol–water partition coefficient (Wildman–Crippen LogP) is 4.75. The van der Waals surface area contributed by atoms with Crippen molar-refractivity contribution in [1.82, 2.24) is 10.2 Å². The van der Waals surface area contributed by atoms with E-state index in [1.54, 1.807) is 4.90 Å². The summed E-state index contributed by atoms with van der Waals surface area (Å²) in [4.78, 5) is 29.6. The lowest BCUT2D eigenvalue weighted by atomic mass is 9.82. The van der Waals surface area contributed by atoms with Gasteiger partial charge < -0.3 is 10.2 Å². The number of amides is 2. The van der Waals surface area contributed by atoms with Crippen molar-refractivity contribution in [2.24, 2.45) is 5.92 Å². The fourth-order valence-corrected chi connectivity index (χ4v) is 4.91. The van der Waals surface area contributed by atoms with Crippen molar-refractivity contribution in [3.8, 4) is 12.3 Å². The van der Waals surface area contributed by atoms with Crippen LogP contribution in [-0.4, -0.2) is 35.6 Å². The maximum atomic E-state index is 13.6. The van der Waals surface area contributed by atoms with E-state index < -0.39 is 6.04 Å². The molecule has 0 aromatic heterocycles. The lowest BCUT2D eigenvalue weighted by Crippen LogP contribution is -2.53. The van der Waals surface area contributed by atoms with Gasteiger partial charge in [0.2, 0.25) is 5.91 Å². The fraction of sp³-hybridized carbons (Fsp3) is 0.385. The summed E-state index contributed by atoms with van der Waals surface area (Å²) in [5, 5.41) is 3.06. The molecule has 2 amide bonds.